The van der Waals surface area contributed by atoms with Crippen LogP contribution in [0.3, 0.4) is 0 Å². The van der Waals surface area contributed by atoms with Crippen LogP contribution in [0.4, 0.5) is 21.7 Å². The molecule has 0 aliphatic carbocycles. The number of aliphatic hydroxyl groups is 1. The van der Waals surface area contributed by atoms with Crippen LogP contribution in [0.25, 0.3) is 10.9 Å². The molecule has 12 heteroatoms. The number of carbonyl (C=O) groups excluding carboxylic acids is 1. The molecule has 1 aliphatic heterocycles. The highest BCUT2D eigenvalue weighted by Gasteiger charge is 2.24. The van der Waals surface area contributed by atoms with Crippen molar-refractivity contribution < 1.29 is 23.8 Å². The predicted molar refractivity (Wildman–Crippen MR) is 143 cm³/mol. The van der Waals surface area contributed by atoms with Gasteiger partial charge in [0.05, 0.1) is 37.9 Å². The van der Waals surface area contributed by atoms with Crippen molar-refractivity contribution in [2.75, 3.05) is 37.0 Å². The van der Waals surface area contributed by atoms with Gasteiger partial charge in [0.15, 0.2) is 5.82 Å². The molecule has 2 aromatic carbocycles. The molecule has 11 nitrogen and oxygen atoms in total. The number of aromatic nitrogens is 4. The minimum absolute atomic E-state index is 0.00472. The van der Waals surface area contributed by atoms with Gasteiger partial charge in [0.25, 0.3) is 0 Å². The summed E-state index contributed by atoms with van der Waals surface area (Å²) in [6.07, 6.45) is 2.98. The number of morpholine rings is 1. The molecule has 1 fully saturated rings. The van der Waals surface area contributed by atoms with Gasteiger partial charge in [-0.2, -0.15) is 5.10 Å². The van der Waals surface area contributed by atoms with E-state index < -0.39 is 5.82 Å². The lowest BCUT2D eigenvalue weighted by atomic mass is 10.0. The zero-order chi connectivity index (χ0) is 27.0. The number of carbonyl (C=O) groups is 1. The van der Waals surface area contributed by atoms with Crippen LogP contribution in [0, 0.1) is 5.82 Å². The van der Waals surface area contributed by atoms with Crippen molar-refractivity contribution in [3.05, 3.63) is 66.4 Å². The van der Waals surface area contributed by atoms with Crippen LogP contribution >= 0.6 is 0 Å². The summed E-state index contributed by atoms with van der Waals surface area (Å²) >= 11 is 0. The molecule has 0 spiro atoms. The molecule has 0 saturated carbocycles. The van der Waals surface area contributed by atoms with Crippen molar-refractivity contribution in [3.8, 4) is 5.75 Å². The van der Waals surface area contributed by atoms with Crippen molar-refractivity contribution in [2.45, 2.75) is 31.4 Å². The topological polar surface area (TPSA) is 146 Å². The van der Waals surface area contributed by atoms with E-state index in [1.165, 1.54) is 24.5 Å². The maximum absolute atomic E-state index is 13.3. The van der Waals surface area contributed by atoms with Gasteiger partial charge < -0.3 is 30.5 Å². The molecule has 0 bridgehead atoms. The summed E-state index contributed by atoms with van der Waals surface area (Å²) in [5.74, 6) is 1.03. The maximum Gasteiger partial charge on any atom is 0.230 e. The predicted octanol–water partition coefficient (Wildman–Crippen LogP) is 2.93. The number of ether oxygens (including phenoxy) is 2. The summed E-state index contributed by atoms with van der Waals surface area (Å²) in [5, 5.41) is 26.5. The van der Waals surface area contributed by atoms with Crippen molar-refractivity contribution >= 4 is 34.1 Å². The summed E-state index contributed by atoms with van der Waals surface area (Å²) in [7, 11) is 0. The Morgan fingerprint density at radius 3 is 3.00 bits per heavy atom. The SMILES string of the molecule is O=C(Cc1cc(Nc2ncnc3cc(OCCC[C@@H]4NCCO[C@@H]4CO)ccc23)n[nH]1)Nc1cccc(F)c1. The molecular formula is C27H30FN7O4. The summed E-state index contributed by atoms with van der Waals surface area (Å²) < 4.78 is 24.9. The van der Waals surface area contributed by atoms with E-state index in [0.717, 1.165) is 24.8 Å². The molecule has 0 unspecified atom stereocenters. The Kier molecular flexibility index (Phi) is 8.56. The zero-order valence-corrected chi connectivity index (χ0v) is 21.2. The molecule has 2 aromatic heterocycles. The molecule has 0 radical (unpaired) electrons. The van der Waals surface area contributed by atoms with Crippen molar-refractivity contribution in [3.63, 3.8) is 0 Å². The summed E-state index contributed by atoms with van der Waals surface area (Å²) in [4.78, 5) is 21.0. The summed E-state index contributed by atoms with van der Waals surface area (Å²) in [6.45, 7) is 1.93. The second kappa shape index (κ2) is 12.6. The molecule has 4 aromatic rings. The summed E-state index contributed by atoms with van der Waals surface area (Å²) in [6, 6.07) is 13.2. The fourth-order valence-corrected chi connectivity index (χ4v) is 4.47. The van der Waals surface area contributed by atoms with Crippen LogP contribution < -0.4 is 20.7 Å². The van der Waals surface area contributed by atoms with Gasteiger partial charge >= 0.3 is 0 Å². The number of hydrogen-bond acceptors (Lipinski definition) is 9. The monoisotopic (exact) mass is 535 g/mol. The molecule has 3 heterocycles. The minimum Gasteiger partial charge on any atom is -0.494 e. The number of anilines is 3. The molecule has 39 heavy (non-hydrogen) atoms. The van der Waals surface area contributed by atoms with E-state index in [1.54, 1.807) is 12.1 Å². The molecule has 5 rings (SSSR count). The van der Waals surface area contributed by atoms with Crippen LogP contribution in [-0.2, 0) is 16.0 Å². The third-order valence-electron chi connectivity index (χ3n) is 6.34. The van der Waals surface area contributed by atoms with E-state index in [4.69, 9.17) is 9.47 Å². The average Bonchev–Trinajstić information content (AvgIpc) is 3.37. The number of benzene rings is 2. The third-order valence-corrected chi connectivity index (χ3v) is 6.34. The van der Waals surface area contributed by atoms with E-state index in [-0.39, 0.29) is 31.1 Å². The van der Waals surface area contributed by atoms with Crippen LogP contribution in [0.1, 0.15) is 18.5 Å². The lowest BCUT2D eigenvalue weighted by molar-refractivity contribution is -0.115. The number of hydrogen-bond donors (Lipinski definition) is 5. The number of aromatic amines is 1. The Morgan fingerprint density at radius 1 is 1.21 bits per heavy atom. The number of halogens is 1. The first kappa shape index (κ1) is 26.5. The van der Waals surface area contributed by atoms with E-state index in [2.05, 4.69) is 36.1 Å². The lowest BCUT2D eigenvalue weighted by Gasteiger charge is -2.31. The Balaban J connectivity index is 1.15. The van der Waals surface area contributed by atoms with Gasteiger partial charge in [0.2, 0.25) is 5.91 Å². The smallest absolute Gasteiger partial charge is 0.230 e. The normalized spacial score (nSPS) is 17.2. The van der Waals surface area contributed by atoms with Gasteiger partial charge in [0.1, 0.15) is 23.7 Å². The van der Waals surface area contributed by atoms with Crippen LogP contribution in [0.15, 0.2) is 54.9 Å². The van der Waals surface area contributed by atoms with E-state index >= 15 is 0 Å². The number of fused-ring (bicyclic) bond motifs is 1. The largest absolute Gasteiger partial charge is 0.494 e. The molecule has 1 amide bonds. The molecule has 5 N–H and O–H groups in total. The van der Waals surface area contributed by atoms with E-state index in [0.29, 0.717) is 47.5 Å². The molecular weight excluding hydrogens is 505 g/mol. The first-order valence-electron chi connectivity index (χ1n) is 12.8. The number of H-pyrrole nitrogens is 1. The van der Waals surface area contributed by atoms with Crippen molar-refractivity contribution in [1.82, 2.24) is 25.5 Å². The third kappa shape index (κ3) is 7.05. The number of amides is 1. The van der Waals surface area contributed by atoms with Crippen LogP contribution in [0.5, 0.6) is 5.75 Å². The highest BCUT2D eigenvalue weighted by atomic mass is 19.1. The molecule has 204 valence electrons. The minimum atomic E-state index is -0.420. The lowest BCUT2D eigenvalue weighted by Crippen LogP contribution is -2.50. The zero-order valence-electron chi connectivity index (χ0n) is 21.2. The first-order chi connectivity index (χ1) is 19.1. The Labute approximate surface area is 224 Å². The van der Waals surface area contributed by atoms with Gasteiger partial charge in [-0.05, 0) is 43.2 Å². The van der Waals surface area contributed by atoms with Gasteiger partial charge in [0, 0.05) is 41.5 Å². The Bertz CT molecular complexity index is 1420. The standard InChI is InChI=1S/C27H30FN7O4/c28-17-3-1-4-18(11-17)32-26(37)13-19-12-25(35-34-19)33-27-21-7-6-20(14-23(21)30-16-31-27)38-9-2-5-22-24(15-36)39-10-8-29-22/h1,3-4,6-7,11-12,14,16,22,24,29,36H,2,5,8-10,13,15H2,(H,32,37)(H2,30,31,33,34,35)/t22-,24+/m0/s1. The van der Waals surface area contributed by atoms with Crippen molar-refractivity contribution in [1.29, 1.82) is 0 Å². The van der Waals surface area contributed by atoms with E-state index in [9.17, 15) is 14.3 Å². The van der Waals surface area contributed by atoms with Crippen LogP contribution in [0.2, 0.25) is 0 Å². The highest BCUT2D eigenvalue weighted by Crippen LogP contribution is 2.26. The molecule has 2 atom stereocenters. The number of aliphatic hydroxyl groups excluding tert-OH is 1. The fourth-order valence-electron chi connectivity index (χ4n) is 4.47. The average molecular weight is 536 g/mol. The quantitative estimate of drug-likeness (QED) is 0.183. The molecule has 1 saturated heterocycles. The number of nitrogens with one attached hydrogen (secondary N) is 4. The van der Waals surface area contributed by atoms with Gasteiger partial charge in [-0.3, -0.25) is 9.89 Å². The van der Waals surface area contributed by atoms with Crippen LogP contribution in [-0.4, -0.2) is 69.7 Å². The highest BCUT2D eigenvalue weighted by molar-refractivity contribution is 5.93. The van der Waals surface area contributed by atoms with Crippen molar-refractivity contribution in [2.24, 2.45) is 0 Å². The van der Waals surface area contributed by atoms with Gasteiger partial charge in [-0.25, -0.2) is 14.4 Å². The maximum atomic E-state index is 13.3. The summed E-state index contributed by atoms with van der Waals surface area (Å²) in [5.41, 5.74) is 1.68. The Hall–Kier alpha value is -4.13. The second-order valence-corrected chi connectivity index (χ2v) is 9.18. The first-order valence-corrected chi connectivity index (χ1v) is 12.8. The fraction of sp³-hybridized carbons (Fsp3) is 0.333. The number of rotatable bonds is 11. The van der Waals surface area contributed by atoms with Gasteiger partial charge in [-0.15, -0.1) is 0 Å². The molecule has 1 aliphatic rings. The number of nitrogens with zero attached hydrogens (tertiary/aromatic N) is 3. The van der Waals surface area contributed by atoms with E-state index in [1.807, 2.05) is 18.2 Å². The second-order valence-electron chi connectivity index (χ2n) is 9.18. The van der Waals surface area contributed by atoms with Gasteiger partial charge in [-0.1, -0.05) is 6.07 Å². The Morgan fingerprint density at radius 2 is 2.13 bits per heavy atom.